The molecule has 20 heavy (non-hydrogen) atoms. The number of rotatable bonds is 5. The zero-order valence-corrected chi connectivity index (χ0v) is 11.4. The summed E-state index contributed by atoms with van der Waals surface area (Å²) in [4.78, 5) is 14.3. The lowest BCUT2D eigenvalue weighted by atomic mass is 10.1. The molecule has 0 aliphatic rings. The maximum Gasteiger partial charge on any atom is 0.320 e. The number of carboxylic acids is 1. The quantitative estimate of drug-likeness (QED) is 0.722. The largest absolute Gasteiger partial charge is 0.480 e. The average Bonchev–Trinajstić information content (AvgIpc) is 2.48. The van der Waals surface area contributed by atoms with Crippen molar-refractivity contribution in [1.29, 1.82) is 0 Å². The van der Waals surface area contributed by atoms with E-state index in [4.69, 9.17) is 16.6 Å². The Balaban J connectivity index is 0.000000200. The minimum atomic E-state index is -0.933. The molecule has 2 aromatic rings. The summed E-state index contributed by atoms with van der Waals surface area (Å²) in [5.74, 6) is -0.933. The van der Waals surface area contributed by atoms with Gasteiger partial charge in [0.05, 0.1) is 5.52 Å². The van der Waals surface area contributed by atoms with Gasteiger partial charge in [-0.3, -0.25) is 9.78 Å². The summed E-state index contributed by atoms with van der Waals surface area (Å²) in [5, 5.41) is 9.52. The number of hydrogen-bond acceptors (Lipinski definition) is 4. The van der Waals surface area contributed by atoms with Crippen LogP contribution in [-0.4, -0.2) is 28.6 Å². The normalized spacial score (nSPS) is 11.5. The molecule has 0 aliphatic heterocycles. The molecule has 1 aromatic carbocycles. The van der Waals surface area contributed by atoms with Crippen molar-refractivity contribution in [2.75, 3.05) is 6.54 Å². The Morgan fingerprint density at radius 1 is 1.20 bits per heavy atom. The van der Waals surface area contributed by atoms with Crippen LogP contribution in [0.2, 0.25) is 0 Å². The van der Waals surface area contributed by atoms with E-state index in [1.54, 1.807) is 0 Å². The number of para-hydroxylation sites is 1. The Hall–Kier alpha value is -1.98. The molecule has 0 fully saturated rings. The van der Waals surface area contributed by atoms with Crippen LogP contribution in [0.5, 0.6) is 0 Å². The third-order valence-corrected chi connectivity index (χ3v) is 2.80. The van der Waals surface area contributed by atoms with Gasteiger partial charge in [-0.25, -0.2) is 0 Å². The first-order valence-corrected chi connectivity index (χ1v) is 6.63. The number of fused-ring (bicyclic) bond motifs is 1. The Morgan fingerprint density at radius 2 is 1.90 bits per heavy atom. The molecule has 0 amide bonds. The summed E-state index contributed by atoms with van der Waals surface area (Å²) < 4.78 is 0. The van der Waals surface area contributed by atoms with E-state index in [1.165, 1.54) is 5.39 Å². The van der Waals surface area contributed by atoms with Crippen molar-refractivity contribution in [3.8, 4) is 0 Å². The highest BCUT2D eigenvalue weighted by Gasteiger charge is 2.09. The molecule has 0 radical (unpaired) electrons. The molecule has 0 unspecified atom stereocenters. The SMILES string of the molecule is NCCCC[C@H](N)C(=O)O.c1ccc2ncccc2c1. The lowest BCUT2D eigenvalue weighted by molar-refractivity contribution is -0.138. The predicted octanol–water partition coefficient (Wildman–Crippen LogP) is 1.76. The van der Waals surface area contributed by atoms with Crippen molar-refractivity contribution in [1.82, 2.24) is 4.98 Å². The number of unbranched alkanes of at least 4 members (excludes halogenated alkanes) is 1. The number of pyridine rings is 1. The lowest BCUT2D eigenvalue weighted by Crippen LogP contribution is -2.29. The predicted molar refractivity (Wildman–Crippen MR) is 80.3 cm³/mol. The van der Waals surface area contributed by atoms with Crippen molar-refractivity contribution < 1.29 is 9.90 Å². The number of hydrogen-bond donors (Lipinski definition) is 3. The van der Waals surface area contributed by atoms with Crippen LogP contribution in [0.3, 0.4) is 0 Å². The van der Waals surface area contributed by atoms with E-state index in [9.17, 15) is 4.79 Å². The fourth-order valence-corrected chi connectivity index (χ4v) is 1.65. The number of benzene rings is 1. The van der Waals surface area contributed by atoms with Gasteiger partial charge < -0.3 is 16.6 Å². The molecule has 0 aliphatic carbocycles. The maximum absolute atomic E-state index is 10.1. The minimum Gasteiger partial charge on any atom is -0.480 e. The van der Waals surface area contributed by atoms with Gasteiger partial charge in [0.25, 0.3) is 0 Å². The highest BCUT2D eigenvalue weighted by atomic mass is 16.4. The van der Waals surface area contributed by atoms with Crippen molar-refractivity contribution >= 4 is 16.9 Å². The van der Waals surface area contributed by atoms with Gasteiger partial charge in [0.15, 0.2) is 0 Å². The van der Waals surface area contributed by atoms with Crippen LogP contribution in [0.4, 0.5) is 0 Å². The minimum absolute atomic E-state index is 0.520. The maximum atomic E-state index is 10.1. The van der Waals surface area contributed by atoms with Gasteiger partial charge in [0.1, 0.15) is 6.04 Å². The number of nitrogens with zero attached hydrogens (tertiary/aromatic N) is 1. The Morgan fingerprint density at radius 3 is 2.55 bits per heavy atom. The fraction of sp³-hybridized carbons (Fsp3) is 0.333. The molecule has 5 nitrogen and oxygen atoms in total. The number of nitrogens with two attached hydrogens (primary N) is 2. The average molecular weight is 275 g/mol. The first-order chi connectivity index (χ1) is 9.65. The summed E-state index contributed by atoms with van der Waals surface area (Å²) in [7, 11) is 0. The van der Waals surface area contributed by atoms with Crippen LogP contribution >= 0.6 is 0 Å². The van der Waals surface area contributed by atoms with Crippen LogP contribution in [0.15, 0.2) is 42.6 Å². The molecular weight excluding hydrogens is 254 g/mol. The highest BCUT2D eigenvalue weighted by molar-refractivity contribution is 5.77. The number of carbonyl (C=O) groups is 1. The van der Waals surface area contributed by atoms with E-state index in [0.29, 0.717) is 13.0 Å². The van der Waals surface area contributed by atoms with E-state index in [-0.39, 0.29) is 0 Å². The van der Waals surface area contributed by atoms with Gasteiger partial charge in [0, 0.05) is 11.6 Å². The zero-order valence-electron chi connectivity index (χ0n) is 11.4. The number of aromatic nitrogens is 1. The molecular formula is C15H21N3O2. The van der Waals surface area contributed by atoms with Gasteiger partial charge in [0.2, 0.25) is 0 Å². The smallest absolute Gasteiger partial charge is 0.320 e. The van der Waals surface area contributed by atoms with Gasteiger partial charge in [-0.1, -0.05) is 30.7 Å². The molecule has 0 bridgehead atoms. The molecule has 1 heterocycles. The van der Waals surface area contributed by atoms with Crippen LogP contribution in [0.1, 0.15) is 19.3 Å². The van der Waals surface area contributed by atoms with Crippen molar-refractivity contribution in [3.05, 3.63) is 42.6 Å². The third kappa shape index (κ3) is 5.77. The highest BCUT2D eigenvalue weighted by Crippen LogP contribution is 2.07. The van der Waals surface area contributed by atoms with E-state index >= 15 is 0 Å². The molecule has 0 saturated heterocycles. The first-order valence-electron chi connectivity index (χ1n) is 6.63. The summed E-state index contributed by atoms with van der Waals surface area (Å²) in [5.41, 5.74) is 11.5. The van der Waals surface area contributed by atoms with E-state index < -0.39 is 12.0 Å². The number of carboxylic acid groups (broad SMARTS) is 1. The third-order valence-electron chi connectivity index (χ3n) is 2.80. The molecule has 1 aromatic heterocycles. The van der Waals surface area contributed by atoms with Crippen LogP contribution < -0.4 is 11.5 Å². The standard InChI is InChI=1S/C9H7N.C6H14N2O2/c1-2-6-9-8(4-1)5-3-7-10-9;7-4-2-1-3-5(8)6(9)10/h1-7H;5H,1-4,7-8H2,(H,9,10)/t;5-/m.0/s1. The van der Waals surface area contributed by atoms with Crippen molar-refractivity contribution in [2.24, 2.45) is 11.5 Å². The molecule has 108 valence electrons. The fourth-order valence-electron chi connectivity index (χ4n) is 1.65. The van der Waals surface area contributed by atoms with Gasteiger partial charge in [-0.2, -0.15) is 0 Å². The topological polar surface area (TPSA) is 102 Å². The van der Waals surface area contributed by atoms with E-state index in [2.05, 4.69) is 17.1 Å². The van der Waals surface area contributed by atoms with Gasteiger partial charge >= 0.3 is 5.97 Å². The zero-order chi connectivity index (χ0) is 14.8. The molecule has 0 spiro atoms. The summed E-state index contributed by atoms with van der Waals surface area (Å²) >= 11 is 0. The Kier molecular flexibility index (Phi) is 7.24. The molecule has 5 heteroatoms. The molecule has 1 atom stereocenters. The Labute approximate surface area is 118 Å². The monoisotopic (exact) mass is 275 g/mol. The van der Waals surface area contributed by atoms with E-state index in [1.807, 2.05) is 30.5 Å². The summed E-state index contributed by atoms with van der Waals surface area (Å²) in [6.07, 6.45) is 3.97. The van der Waals surface area contributed by atoms with Crippen molar-refractivity contribution in [2.45, 2.75) is 25.3 Å². The second-order valence-electron chi connectivity index (χ2n) is 4.43. The summed E-state index contributed by atoms with van der Waals surface area (Å²) in [6.45, 7) is 0.604. The van der Waals surface area contributed by atoms with Gasteiger partial charge in [-0.05, 0) is 31.5 Å². The van der Waals surface area contributed by atoms with Crippen LogP contribution in [-0.2, 0) is 4.79 Å². The molecule has 0 saturated carbocycles. The first kappa shape index (κ1) is 16.1. The van der Waals surface area contributed by atoms with E-state index in [0.717, 1.165) is 18.4 Å². The van der Waals surface area contributed by atoms with Crippen LogP contribution in [0, 0.1) is 0 Å². The van der Waals surface area contributed by atoms with Crippen LogP contribution in [0.25, 0.3) is 10.9 Å². The summed E-state index contributed by atoms with van der Waals surface area (Å²) in [6, 6.07) is 11.4. The second-order valence-corrected chi connectivity index (χ2v) is 4.43. The van der Waals surface area contributed by atoms with Gasteiger partial charge in [-0.15, -0.1) is 0 Å². The van der Waals surface area contributed by atoms with Crippen molar-refractivity contribution in [3.63, 3.8) is 0 Å². The second kappa shape index (κ2) is 9.01. The number of aliphatic carboxylic acids is 1. The molecule has 5 N–H and O–H groups in total. The lowest BCUT2D eigenvalue weighted by Gasteiger charge is -2.03. The molecule has 2 rings (SSSR count). The Bertz CT molecular complexity index is 466.